The molecule has 25 atom stereocenters. The zero-order valence-corrected chi connectivity index (χ0v) is 43.3. The molecule has 5 aliphatic heterocycles. The number of hydrogen-bond donors (Lipinski definition) is 5. The quantitative estimate of drug-likeness (QED) is 0.0436. The summed E-state index contributed by atoms with van der Waals surface area (Å²) in [6.07, 6.45) is -25.2. The lowest BCUT2D eigenvalue weighted by molar-refractivity contribution is -0.402. The molecule has 0 bridgehead atoms. The highest BCUT2D eigenvalue weighted by Crippen LogP contribution is 2.42. The Balaban J connectivity index is 1.17. The maximum Gasteiger partial charge on any atom is 0.295 e. The van der Waals surface area contributed by atoms with Crippen LogP contribution in [0.15, 0.2) is 70.9 Å². The molecule has 2 aromatic rings. The summed E-state index contributed by atoms with van der Waals surface area (Å²) in [5.41, 5.74) is 20.8. The van der Waals surface area contributed by atoms with Crippen molar-refractivity contribution < 1.29 is 101 Å². The van der Waals surface area contributed by atoms with Gasteiger partial charge in [-0.15, -0.1) is 0 Å². The molecule has 0 spiro atoms. The highest BCUT2D eigenvalue weighted by Gasteiger charge is 2.57. The second-order valence-corrected chi connectivity index (χ2v) is 19.7. The second-order valence-electron chi connectivity index (χ2n) is 19.7. The van der Waals surface area contributed by atoms with Crippen LogP contribution in [0.1, 0.15) is 45.7 Å². The highest BCUT2D eigenvalue weighted by atomic mass is 16.8. The van der Waals surface area contributed by atoms with Crippen LogP contribution in [0.2, 0.25) is 0 Å². The number of carbonyl (C=O) groups is 2. The van der Waals surface area contributed by atoms with Crippen molar-refractivity contribution in [3.05, 3.63) is 92.7 Å². The van der Waals surface area contributed by atoms with Gasteiger partial charge in [0.1, 0.15) is 48.8 Å². The van der Waals surface area contributed by atoms with Crippen molar-refractivity contribution in [1.82, 2.24) is 0 Å². The standard InChI is InChI=1S/C50H70N6O21/c1-24-25(2)34(53-55-51)45(69-31(24)17-57)73-40-28(5)39(65-20-29-13-9-7-10-14-29)50(77-48(40)67-22-60)74-41-33(19-59)71-46(35(36(41)62)54-56-52)75-43-42(66-21-30-15-11-8-12-16-30)37(63)47(76-49(43)68-23-61)72-38-26(3)27(4)44(64-6)70-32(38)18-58/h7-16,22-28,31-50,57-59,62-63H,17-21H2,1-6H3/t24-,25-,26+,27?,28+,31?,32?,33?,34?,35?,36+,37-,38-,39?,40-,41+,42-,43-,44-,45+,46-,47?,48?,49?,50+/m0/s1. The number of nitrogens with zero attached hydrogens (tertiary/aromatic N) is 6. The lowest BCUT2D eigenvalue weighted by atomic mass is 9.82. The Morgan fingerprint density at radius 1 is 0.494 bits per heavy atom. The zero-order valence-electron chi connectivity index (χ0n) is 43.3. The predicted octanol–water partition coefficient (Wildman–Crippen LogP) is 2.47. The fraction of sp³-hybridized carbons (Fsp3) is 0.720. The van der Waals surface area contributed by atoms with Gasteiger partial charge in [-0.25, -0.2) is 0 Å². The Bertz CT molecular complexity index is 2240. The minimum Gasteiger partial charge on any atom is -0.435 e. The summed E-state index contributed by atoms with van der Waals surface area (Å²) in [5.74, 6) is -2.04. The van der Waals surface area contributed by atoms with Crippen molar-refractivity contribution in [3.8, 4) is 0 Å². The molecule has 77 heavy (non-hydrogen) atoms. The van der Waals surface area contributed by atoms with E-state index in [0.717, 1.165) is 5.56 Å². The molecule has 10 unspecified atom stereocenters. The largest absolute Gasteiger partial charge is 0.435 e. The molecule has 5 saturated heterocycles. The number of carbonyl (C=O) groups excluding carboxylic acids is 2. The number of azide groups is 2. The fourth-order valence-corrected chi connectivity index (χ4v) is 10.4. The van der Waals surface area contributed by atoms with Gasteiger partial charge in [0.2, 0.25) is 12.6 Å². The van der Waals surface area contributed by atoms with Crippen LogP contribution in [0, 0.1) is 29.6 Å². The minimum absolute atomic E-state index is 0.0283. The Kier molecular flexibility index (Phi) is 22.2. The van der Waals surface area contributed by atoms with E-state index < -0.39 is 142 Å². The van der Waals surface area contributed by atoms with Gasteiger partial charge in [0.25, 0.3) is 12.9 Å². The number of methoxy groups -OCH3 is 1. The zero-order chi connectivity index (χ0) is 55.3. The van der Waals surface area contributed by atoms with E-state index in [0.29, 0.717) is 5.56 Å². The minimum atomic E-state index is -1.91. The second kappa shape index (κ2) is 28.5. The molecule has 0 aromatic heterocycles. The SMILES string of the molecule is CO[C@H]1OC(CO)[C@@H](OC2OC(OC=O)[C@@H](O[C@@H]3OC(CO)[C@@H](O[C@@H]4OC(OC=O)[C@@H](O[C@H]5OC(CO)[C@@H](C)[C@H](C)C5N=[N+]=[N-])[C@H](C)C4OCc4ccccc4)[C@H](O)C3N=[N+]=[N-])[C@@H](OCc3ccccc3)[C@@H]2O)[C@H](C)C1C. The van der Waals surface area contributed by atoms with Crippen molar-refractivity contribution >= 4 is 12.9 Å². The summed E-state index contributed by atoms with van der Waals surface area (Å²) in [4.78, 5) is 30.3. The maximum absolute atomic E-state index is 12.3. The van der Waals surface area contributed by atoms with E-state index in [1.54, 1.807) is 49.4 Å². The van der Waals surface area contributed by atoms with Gasteiger partial charge in [-0.2, -0.15) is 0 Å². The van der Waals surface area contributed by atoms with Gasteiger partial charge < -0.3 is 91.8 Å². The van der Waals surface area contributed by atoms with Crippen LogP contribution in [0.25, 0.3) is 20.9 Å². The maximum atomic E-state index is 12.3. The van der Waals surface area contributed by atoms with Crippen molar-refractivity contribution in [2.24, 2.45) is 39.8 Å². The monoisotopic (exact) mass is 1090 g/mol. The molecule has 0 saturated carbocycles. The van der Waals surface area contributed by atoms with E-state index in [1.807, 2.05) is 45.9 Å². The third-order valence-electron chi connectivity index (χ3n) is 15.2. The lowest BCUT2D eigenvalue weighted by Gasteiger charge is -2.50. The first-order valence-electron chi connectivity index (χ1n) is 25.4. The summed E-state index contributed by atoms with van der Waals surface area (Å²) in [6, 6.07) is 15.2. The van der Waals surface area contributed by atoms with Crippen LogP contribution in [-0.4, -0.2) is 189 Å². The number of rotatable bonds is 24. The summed E-state index contributed by atoms with van der Waals surface area (Å²) < 4.78 is 85.6. The van der Waals surface area contributed by atoms with E-state index in [-0.39, 0.29) is 56.4 Å². The van der Waals surface area contributed by atoms with E-state index >= 15 is 0 Å². The summed E-state index contributed by atoms with van der Waals surface area (Å²) in [7, 11) is 1.47. The van der Waals surface area contributed by atoms with Crippen LogP contribution in [0.4, 0.5) is 0 Å². The number of ether oxygens (including phenoxy) is 14. The molecule has 5 heterocycles. The van der Waals surface area contributed by atoms with E-state index in [2.05, 4.69) is 20.1 Å². The molecule has 426 valence electrons. The molecule has 0 aliphatic carbocycles. The Morgan fingerprint density at radius 2 is 0.974 bits per heavy atom. The Labute approximate surface area is 443 Å². The third kappa shape index (κ3) is 13.8. The molecule has 27 heteroatoms. The van der Waals surface area contributed by atoms with Crippen LogP contribution >= 0.6 is 0 Å². The fourth-order valence-electron chi connectivity index (χ4n) is 10.4. The van der Waals surface area contributed by atoms with Crippen molar-refractivity contribution in [2.45, 2.75) is 171 Å². The Hall–Kier alpha value is -4.68. The van der Waals surface area contributed by atoms with E-state index in [9.17, 15) is 46.2 Å². The molecule has 0 radical (unpaired) electrons. The third-order valence-corrected chi connectivity index (χ3v) is 15.2. The number of aliphatic hydroxyl groups excluding tert-OH is 5. The average Bonchev–Trinajstić information content (AvgIpc) is 3.45. The first-order chi connectivity index (χ1) is 37.2. The lowest BCUT2D eigenvalue weighted by Crippen LogP contribution is -2.66. The molecule has 5 N–H and O–H groups in total. The van der Waals surface area contributed by atoms with E-state index in [1.165, 1.54) is 7.11 Å². The van der Waals surface area contributed by atoms with Crippen LogP contribution < -0.4 is 0 Å². The van der Waals surface area contributed by atoms with Crippen molar-refractivity contribution in [2.75, 3.05) is 26.9 Å². The predicted molar refractivity (Wildman–Crippen MR) is 259 cm³/mol. The molecule has 2 aromatic carbocycles. The van der Waals surface area contributed by atoms with Gasteiger partial charge in [0.15, 0.2) is 37.6 Å². The number of hydrogen-bond acceptors (Lipinski definition) is 23. The number of aliphatic hydroxyl groups is 5. The normalized spacial score (nSPS) is 41.3. The first kappa shape index (κ1) is 60.0. The highest BCUT2D eigenvalue weighted by molar-refractivity contribution is 5.37. The first-order valence-corrected chi connectivity index (χ1v) is 25.4. The van der Waals surface area contributed by atoms with Gasteiger partial charge in [0, 0.05) is 28.8 Å². The van der Waals surface area contributed by atoms with Gasteiger partial charge in [0.05, 0.1) is 57.4 Å². The van der Waals surface area contributed by atoms with Crippen LogP contribution in [-0.2, 0) is 89.1 Å². The van der Waals surface area contributed by atoms with Crippen molar-refractivity contribution in [3.63, 3.8) is 0 Å². The van der Waals surface area contributed by atoms with Gasteiger partial charge in [-0.05, 0) is 39.9 Å². The number of benzene rings is 2. The average molecular weight is 1090 g/mol. The summed E-state index contributed by atoms with van der Waals surface area (Å²) >= 11 is 0. The molecule has 27 nitrogen and oxygen atoms in total. The smallest absolute Gasteiger partial charge is 0.295 e. The van der Waals surface area contributed by atoms with E-state index in [4.69, 9.17) is 66.3 Å². The topological polar surface area (TPSA) is 362 Å². The summed E-state index contributed by atoms with van der Waals surface area (Å²) in [5, 5.41) is 63.6. The Morgan fingerprint density at radius 3 is 1.55 bits per heavy atom. The van der Waals surface area contributed by atoms with Gasteiger partial charge in [-0.3, -0.25) is 9.59 Å². The molecule has 0 amide bonds. The molecule has 5 fully saturated rings. The molecular formula is C50H70N6O21. The summed E-state index contributed by atoms with van der Waals surface area (Å²) in [6.45, 7) is 7.32. The molecule has 5 aliphatic rings. The van der Waals surface area contributed by atoms with Gasteiger partial charge >= 0.3 is 0 Å². The molecule has 7 rings (SSSR count). The van der Waals surface area contributed by atoms with Crippen molar-refractivity contribution in [1.29, 1.82) is 0 Å². The van der Waals surface area contributed by atoms with Crippen LogP contribution in [0.3, 0.4) is 0 Å². The van der Waals surface area contributed by atoms with Crippen LogP contribution in [0.5, 0.6) is 0 Å². The molecular weight excluding hydrogens is 1020 g/mol. The van der Waals surface area contributed by atoms with Gasteiger partial charge in [-0.1, -0.05) is 106 Å².